The lowest BCUT2D eigenvalue weighted by molar-refractivity contribution is 0.251. The van der Waals surface area contributed by atoms with Crippen molar-refractivity contribution in [2.75, 3.05) is 5.32 Å². The fraction of sp³-hybridized carbons (Fsp3) is 0.118. The number of benzene rings is 1. The molecule has 0 spiro atoms. The molecule has 1 aromatic heterocycles. The number of anilines is 1. The molecule has 26 heavy (non-hydrogen) atoms. The van der Waals surface area contributed by atoms with Crippen LogP contribution in [0.15, 0.2) is 63.9 Å². The van der Waals surface area contributed by atoms with Crippen LogP contribution in [0.5, 0.6) is 5.75 Å². The molecule has 1 aromatic carbocycles. The number of hydrogen-bond acceptors (Lipinski definition) is 6. The molecule has 0 atom stereocenters. The van der Waals surface area contributed by atoms with Gasteiger partial charge in [-0.05, 0) is 19.2 Å². The topological polar surface area (TPSA) is 115 Å². The molecule has 8 nitrogen and oxygen atoms in total. The number of nitrogens with zero attached hydrogens (tertiary/aromatic N) is 2. The van der Waals surface area contributed by atoms with Crippen LogP contribution in [0.4, 0.5) is 10.8 Å². The number of nitrogens with one attached hydrogen (secondary N) is 2. The summed E-state index contributed by atoms with van der Waals surface area (Å²) in [6, 6.07) is 6.77. The SMILES string of the molecule is C=C(Cl)N=C(/C=C\N)Oc1ccccc1CNC(=O)Nc1nc(C)co1. The summed E-state index contributed by atoms with van der Waals surface area (Å²) < 4.78 is 10.7. The minimum Gasteiger partial charge on any atom is -0.439 e. The Bertz CT molecular complexity index is 844. The number of amides is 2. The maximum absolute atomic E-state index is 11.9. The number of hydrogen-bond donors (Lipinski definition) is 3. The molecule has 0 bridgehead atoms. The zero-order chi connectivity index (χ0) is 18.9. The average molecular weight is 376 g/mol. The molecule has 0 radical (unpaired) electrons. The maximum atomic E-state index is 11.9. The van der Waals surface area contributed by atoms with Crippen LogP contribution in [0, 0.1) is 6.92 Å². The van der Waals surface area contributed by atoms with Crippen molar-refractivity contribution >= 4 is 29.5 Å². The number of rotatable bonds is 6. The van der Waals surface area contributed by atoms with E-state index in [0.717, 1.165) is 0 Å². The number of para-hydroxylation sites is 1. The van der Waals surface area contributed by atoms with Crippen molar-refractivity contribution in [2.24, 2.45) is 10.7 Å². The second-order valence-corrected chi connectivity index (χ2v) is 5.43. The standard InChI is InChI=1S/C17H18ClN5O3/c1-11-10-25-17(21-11)23-16(24)20-9-13-5-3-4-6-14(13)26-15(7-8-19)22-12(2)18/h3-8,10H,2,9,19H2,1H3,(H2,20,21,23,24)/b8-7-,22-15?. The zero-order valence-corrected chi connectivity index (χ0v) is 14.8. The van der Waals surface area contributed by atoms with Crippen molar-refractivity contribution in [1.29, 1.82) is 0 Å². The molecule has 0 aliphatic rings. The van der Waals surface area contributed by atoms with E-state index >= 15 is 0 Å². The van der Waals surface area contributed by atoms with E-state index in [-0.39, 0.29) is 23.6 Å². The Hall–Kier alpha value is -3.26. The van der Waals surface area contributed by atoms with Crippen LogP contribution in [0.3, 0.4) is 0 Å². The summed E-state index contributed by atoms with van der Waals surface area (Å²) in [6.45, 7) is 5.44. The van der Waals surface area contributed by atoms with E-state index in [1.165, 1.54) is 18.5 Å². The van der Waals surface area contributed by atoms with Crippen molar-refractivity contribution in [2.45, 2.75) is 13.5 Å². The Labute approximate surface area is 155 Å². The second kappa shape index (κ2) is 9.28. The summed E-state index contributed by atoms with van der Waals surface area (Å²) in [5, 5.41) is 5.23. The summed E-state index contributed by atoms with van der Waals surface area (Å²) in [4.78, 5) is 19.9. The van der Waals surface area contributed by atoms with Crippen molar-refractivity contribution in [1.82, 2.24) is 10.3 Å². The van der Waals surface area contributed by atoms with Crippen LogP contribution >= 0.6 is 11.6 Å². The smallest absolute Gasteiger partial charge is 0.323 e. The highest BCUT2D eigenvalue weighted by atomic mass is 35.5. The predicted molar refractivity (Wildman–Crippen MR) is 99.9 cm³/mol. The molecule has 1 heterocycles. The van der Waals surface area contributed by atoms with Crippen LogP contribution in [0.25, 0.3) is 0 Å². The normalized spacial score (nSPS) is 11.4. The van der Waals surface area contributed by atoms with Crippen molar-refractivity contribution in [3.63, 3.8) is 0 Å². The fourth-order valence-corrected chi connectivity index (χ4v) is 1.97. The first-order valence-electron chi connectivity index (χ1n) is 7.52. The zero-order valence-electron chi connectivity index (χ0n) is 14.0. The summed E-state index contributed by atoms with van der Waals surface area (Å²) >= 11 is 5.68. The lowest BCUT2D eigenvalue weighted by Gasteiger charge is -2.11. The maximum Gasteiger partial charge on any atom is 0.323 e. The van der Waals surface area contributed by atoms with Gasteiger partial charge in [-0.1, -0.05) is 36.4 Å². The van der Waals surface area contributed by atoms with Crippen LogP contribution in [-0.2, 0) is 6.54 Å². The highest BCUT2D eigenvalue weighted by molar-refractivity contribution is 6.29. The van der Waals surface area contributed by atoms with Gasteiger partial charge in [0.25, 0.3) is 0 Å². The molecular formula is C17H18ClN5O3. The third-order valence-corrected chi connectivity index (χ3v) is 3.02. The number of aliphatic imine (C=N–C) groups is 1. The first-order chi connectivity index (χ1) is 12.5. The molecule has 4 N–H and O–H groups in total. The predicted octanol–water partition coefficient (Wildman–Crippen LogP) is 3.26. The molecule has 0 fully saturated rings. The first kappa shape index (κ1) is 19.1. The van der Waals surface area contributed by atoms with Gasteiger partial charge in [-0.15, -0.1) is 0 Å². The Morgan fingerprint density at radius 1 is 1.50 bits per heavy atom. The quantitative estimate of drug-likeness (QED) is 0.407. The van der Waals surface area contributed by atoms with Crippen molar-refractivity contribution < 1.29 is 13.9 Å². The lowest BCUT2D eigenvalue weighted by atomic mass is 10.2. The van der Waals surface area contributed by atoms with E-state index in [9.17, 15) is 4.79 Å². The first-order valence-corrected chi connectivity index (χ1v) is 7.90. The molecule has 9 heteroatoms. The van der Waals surface area contributed by atoms with Gasteiger partial charge in [0.05, 0.1) is 5.69 Å². The van der Waals surface area contributed by atoms with Gasteiger partial charge >= 0.3 is 12.0 Å². The fourth-order valence-electron chi connectivity index (χ4n) is 1.89. The summed E-state index contributed by atoms with van der Waals surface area (Å²) in [6.07, 6.45) is 4.15. The largest absolute Gasteiger partial charge is 0.439 e. The van der Waals surface area contributed by atoms with Gasteiger partial charge in [-0.25, -0.2) is 9.79 Å². The number of halogens is 1. The van der Waals surface area contributed by atoms with Gasteiger partial charge in [0, 0.05) is 18.2 Å². The molecule has 0 unspecified atom stereocenters. The Morgan fingerprint density at radius 2 is 2.27 bits per heavy atom. The Balaban J connectivity index is 2.03. The second-order valence-electron chi connectivity index (χ2n) is 5.00. The van der Waals surface area contributed by atoms with Gasteiger partial charge in [0.15, 0.2) is 0 Å². The van der Waals surface area contributed by atoms with Crippen LogP contribution in [-0.4, -0.2) is 16.9 Å². The number of oxazole rings is 1. The summed E-state index contributed by atoms with van der Waals surface area (Å²) in [5.41, 5.74) is 6.75. The van der Waals surface area contributed by atoms with E-state index in [1.54, 1.807) is 25.1 Å². The van der Waals surface area contributed by atoms with Crippen LogP contribution < -0.4 is 21.1 Å². The molecule has 0 aliphatic heterocycles. The Kier molecular flexibility index (Phi) is 6.81. The van der Waals surface area contributed by atoms with E-state index in [0.29, 0.717) is 17.0 Å². The van der Waals surface area contributed by atoms with Gasteiger partial charge in [-0.2, -0.15) is 4.98 Å². The molecule has 136 valence electrons. The van der Waals surface area contributed by atoms with Gasteiger partial charge in [0.1, 0.15) is 17.2 Å². The molecule has 0 saturated heterocycles. The minimum atomic E-state index is -0.466. The number of aromatic nitrogens is 1. The summed E-state index contributed by atoms with van der Waals surface area (Å²) in [7, 11) is 0. The van der Waals surface area contributed by atoms with Gasteiger partial charge in [0.2, 0.25) is 5.90 Å². The summed E-state index contributed by atoms with van der Waals surface area (Å²) in [5.74, 6) is 0.647. The minimum absolute atomic E-state index is 0.0503. The highest BCUT2D eigenvalue weighted by Gasteiger charge is 2.10. The average Bonchev–Trinajstić information content (AvgIpc) is 2.98. The number of urea groups is 1. The van der Waals surface area contributed by atoms with E-state index < -0.39 is 6.03 Å². The van der Waals surface area contributed by atoms with Crippen LogP contribution in [0.2, 0.25) is 0 Å². The molecule has 0 saturated carbocycles. The van der Waals surface area contributed by atoms with E-state index in [4.69, 9.17) is 26.5 Å². The van der Waals surface area contributed by atoms with Gasteiger partial charge < -0.3 is 20.2 Å². The number of carbonyl (C=O) groups is 1. The van der Waals surface area contributed by atoms with Gasteiger partial charge in [-0.3, -0.25) is 5.32 Å². The number of ether oxygens (including phenoxy) is 1. The van der Waals surface area contributed by atoms with Crippen LogP contribution in [0.1, 0.15) is 11.3 Å². The lowest BCUT2D eigenvalue weighted by Crippen LogP contribution is -2.28. The monoisotopic (exact) mass is 375 g/mol. The molecule has 0 aliphatic carbocycles. The van der Waals surface area contributed by atoms with Crippen molar-refractivity contribution in [3.8, 4) is 5.75 Å². The highest BCUT2D eigenvalue weighted by Crippen LogP contribution is 2.19. The third-order valence-electron chi connectivity index (χ3n) is 2.94. The molecule has 2 rings (SSSR count). The van der Waals surface area contributed by atoms with E-state index in [2.05, 4.69) is 27.2 Å². The van der Waals surface area contributed by atoms with Crippen molar-refractivity contribution in [3.05, 3.63) is 65.8 Å². The number of nitrogens with two attached hydrogens (primary N) is 1. The number of carbonyl (C=O) groups excluding carboxylic acids is 1. The molecule has 2 aromatic rings. The molecule has 2 amide bonds. The number of aryl methyl sites for hydroxylation is 1. The molecular weight excluding hydrogens is 358 g/mol. The Morgan fingerprint density at radius 3 is 2.92 bits per heavy atom. The van der Waals surface area contributed by atoms with E-state index in [1.807, 2.05) is 6.07 Å². The third kappa shape index (κ3) is 5.99.